The molecule has 2 unspecified atom stereocenters. The molecule has 1 N–H and O–H groups in total. The van der Waals surface area contributed by atoms with Gasteiger partial charge in [-0.1, -0.05) is 6.92 Å². The SMILES string of the molecule is CC1CN(C)CCC1Nc1ccc([N+](=O)[O-])cc1. The zero-order chi connectivity index (χ0) is 13.1. The van der Waals surface area contributed by atoms with Crippen molar-refractivity contribution in [3.8, 4) is 0 Å². The molecule has 0 aromatic heterocycles. The van der Waals surface area contributed by atoms with Crippen LogP contribution in [-0.4, -0.2) is 36.0 Å². The van der Waals surface area contributed by atoms with Gasteiger partial charge in [-0.3, -0.25) is 10.1 Å². The Morgan fingerprint density at radius 2 is 2.06 bits per heavy atom. The van der Waals surface area contributed by atoms with E-state index in [0.29, 0.717) is 12.0 Å². The van der Waals surface area contributed by atoms with E-state index >= 15 is 0 Å². The molecule has 0 radical (unpaired) electrons. The van der Waals surface area contributed by atoms with Crippen LogP contribution < -0.4 is 5.32 Å². The minimum absolute atomic E-state index is 0.136. The lowest BCUT2D eigenvalue weighted by Crippen LogP contribution is -2.43. The molecule has 2 atom stereocenters. The lowest BCUT2D eigenvalue weighted by atomic mass is 9.94. The molecule has 5 nitrogen and oxygen atoms in total. The van der Waals surface area contributed by atoms with E-state index in [4.69, 9.17) is 0 Å². The van der Waals surface area contributed by atoms with Crippen LogP contribution in [0.3, 0.4) is 0 Å². The maximum atomic E-state index is 10.6. The number of hydrogen-bond donors (Lipinski definition) is 1. The Kier molecular flexibility index (Phi) is 3.81. The number of likely N-dealkylation sites (tertiary alicyclic amines) is 1. The molecule has 98 valence electrons. The maximum absolute atomic E-state index is 10.6. The predicted molar refractivity (Wildman–Crippen MR) is 71.8 cm³/mol. The Bertz CT molecular complexity index is 419. The summed E-state index contributed by atoms with van der Waals surface area (Å²) in [5, 5.41) is 14.0. The summed E-state index contributed by atoms with van der Waals surface area (Å²) in [6, 6.07) is 7.10. The summed E-state index contributed by atoms with van der Waals surface area (Å²) in [7, 11) is 2.14. The third-order valence-corrected chi connectivity index (χ3v) is 3.54. The number of nitro groups is 1. The normalized spacial score (nSPS) is 24.8. The van der Waals surface area contributed by atoms with Crippen molar-refractivity contribution in [2.75, 3.05) is 25.5 Å². The molecule has 0 spiro atoms. The van der Waals surface area contributed by atoms with Crippen LogP contribution in [0.4, 0.5) is 11.4 Å². The van der Waals surface area contributed by atoms with Gasteiger partial charge in [-0.15, -0.1) is 0 Å². The lowest BCUT2D eigenvalue weighted by Gasteiger charge is -2.35. The van der Waals surface area contributed by atoms with Crippen molar-refractivity contribution in [1.29, 1.82) is 0 Å². The quantitative estimate of drug-likeness (QED) is 0.660. The first-order valence-corrected chi connectivity index (χ1v) is 6.26. The Labute approximate surface area is 107 Å². The predicted octanol–water partition coefficient (Wildman–Crippen LogP) is 2.35. The molecule has 1 aliphatic heterocycles. The van der Waals surface area contributed by atoms with E-state index in [9.17, 15) is 10.1 Å². The lowest BCUT2D eigenvalue weighted by molar-refractivity contribution is -0.384. The second-order valence-electron chi connectivity index (χ2n) is 5.08. The Morgan fingerprint density at radius 1 is 1.39 bits per heavy atom. The number of nitro benzene ring substituents is 1. The third kappa shape index (κ3) is 2.98. The molecule has 1 aromatic carbocycles. The summed E-state index contributed by atoms with van der Waals surface area (Å²) in [6.07, 6.45) is 1.11. The molecular formula is C13H19N3O2. The zero-order valence-electron chi connectivity index (χ0n) is 10.8. The molecule has 1 aromatic rings. The average Bonchev–Trinajstić information content (AvgIpc) is 2.33. The highest BCUT2D eigenvalue weighted by atomic mass is 16.6. The van der Waals surface area contributed by atoms with E-state index < -0.39 is 0 Å². The number of non-ortho nitro benzene ring substituents is 1. The molecule has 5 heteroatoms. The van der Waals surface area contributed by atoms with E-state index in [1.807, 2.05) is 0 Å². The molecule has 1 saturated heterocycles. The van der Waals surface area contributed by atoms with Gasteiger partial charge >= 0.3 is 0 Å². The number of rotatable bonds is 3. The van der Waals surface area contributed by atoms with Gasteiger partial charge in [-0.2, -0.15) is 0 Å². The molecule has 1 fully saturated rings. The number of nitrogens with one attached hydrogen (secondary N) is 1. The first kappa shape index (κ1) is 12.8. The summed E-state index contributed by atoms with van der Waals surface area (Å²) in [4.78, 5) is 12.5. The summed E-state index contributed by atoms with van der Waals surface area (Å²) in [5.41, 5.74) is 1.10. The molecule has 0 amide bonds. The van der Waals surface area contributed by atoms with Crippen LogP contribution >= 0.6 is 0 Å². The van der Waals surface area contributed by atoms with Gasteiger partial charge in [0.25, 0.3) is 5.69 Å². The highest BCUT2D eigenvalue weighted by Crippen LogP contribution is 2.22. The van der Waals surface area contributed by atoms with Gasteiger partial charge in [0.15, 0.2) is 0 Å². The summed E-state index contributed by atoms with van der Waals surface area (Å²) >= 11 is 0. The van der Waals surface area contributed by atoms with Gasteiger partial charge in [0.2, 0.25) is 0 Å². The Hall–Kier alpha value is -1.62. The second kappa shape index (κ2) is 5.35. The highest BCUT2D eigenvalue weighted by Gasteiger charge is 2.23. The molecule has 18 heavy (non-hydrogen) atoms. The molecule has 1 heterocycles. The van der Waals surface area contributed by atoms with Crippen molar-refractivity contribution < 1.29 is 4.92 Å². The zero-order valence-corrected chi connectivity index (χ0v) is 10.8. The van der Waals surface area contributed by atoms with Crippen LogP contribution in [0.2, 0.25) is 0 Å². The second-order valence-corrected chi connectivity index (χ2v) is 5.08. The van der Waals surface area contributed by atoms with E-state index in [-0.39, 0.29) is 10.6 Å². The first-order valence-electron chi connectivity index (χ1n) is 6.26. The summed E-state index contributed by atoms with van der Waals surface area (Å²) < 4.78 is 0. The smallest absolute Gasteiger partial charge is 0.269 e. The number of hydrogen-bond acceptors (Lipinski definition) is 4. The molecule has 0 saturated carbocycles. The van der Waals surface area contributed by atoms with Crippen LogP contribution in [0, 0.1) is 16.0 Å². The molecule has 2 rings (SSSR count). The van der Waals surface area contributed by atoms with E-state index in [2.05, 4.69) is 24.2 Å². The Morgan fingerprint density at radius 3 is 2.61 bits per heavy atom. The fourth-order valence-electron chi connectivity index (χ4n) is 2.46. The summed E-state index contributed by atoms with van der Waals surface area (Å²) in [5.74, 6) is 0.582. The molecular weight excluding hydrogens is 230 g/mol. The monoisotopic (exact) mass is 249 g/mol. The molecule has 0 aliphatic carbocycles. The van der Waals surface area contributed by atoms with Gasteiger partial charge in [-0.05, 0) is 38.1 Å². The minimum Gasteiger partial charge on any atom is -0.382 e. The van der Waals surface area contributed by atoms with Gasteiger partial charge < -0.3 is 10.2 Å². The van der Waals surface area contributed by atoms with Gasteiger partial charge in [-0.25, -0.2) is 0 Å². The molecule has 1 aliphatic rings. The van der Waals surface area contributed by atoms with E-state index in [0.717, 1.165) is 25.2 Å². The number of piperidine rings is 1. The average molecular weight is 249 g/mol. The maximum Gasteiger partial charge on any atom is 0.269 e. The van der Waals surface area contributed by atoms with Crippen molar-refractivity contribution in [1.82, 2.24) is 4.90 Å². The van der Waals surface area contributed by atoms with Crippen LogP contribution in [0.15, 0.2) is 24.3 Å². The molecule has 0 bridgehead atoms. The standard InChI is InChI=1S/C13H19N3O2/c1-10-9-15(2)8-7-13(10)14-11-3-5-12(6-4-11)16(17)18/h3-6,10,13-14H,7-9H2,1-2H3. The number of nitrogens with zero attached hydrogens (tertiary/aromatic N) is 2. The van der Waals surface area contributed by atoms with Crippen LogP contribution in [0.5, 0.6) is 0 Å². The van der Waals surface area contributed by atoms with Gasteiger partial charge in [0.1, 0.15) is 0 Å². The first-order chi connectivity index (χ1) is 8.56. The van der Waals surface area contributed by atoms with Crippen LogP contribution in [0.1, 0.15) is 13.3 Å². The van der Waals surface area contributed by atoms with Crippen molar-refractivity contribution >= 4 is 11.4 Å². The highest BCUT2D eigenvalue weighted by molar-refractivity contribution is 5.49. The Balaban J connectivity index is 1.99. The van der Waals surface area contributed by atoms with Crippen molar-refractivity contribution in [3.05, 3.63) is 34.4 Å². The van der Waals surface area contributed by atoms with Crippen molar-refractivity contribution in [2.24, 2.45) is 5.92 Å². The summed E-state index contributed by atoms with van der Waals surface area (Å²) in [6.45, 7) is 4.42. The fourth-order valence-corrected chi connectivity index (χ4v) is 2.46. The van der Waals surface area contributed by atoms with Crippen molar-refractivity contribution in [2.45, 2.75) is 19.4 Å². The van der Waals surface area contributed by atoms with Crippen LogP contribution in [-0.2, 0) is 0 Å². The largest absolute Gasteiger partial charge is 0.382 e. The number of benzene rings is 1. The fraction of sp³-hybridized carbons (Fsp3) is 0.538. The van der Waals surface area contributed by atoms with E-state index in [1.165, 1.54) is 0 Å². The van der Waals surface area contributed by atoms with Crippen molar-refractivity contribution in [3.63, 3.8) is 0 Å². The van der Waals surface area contributed by atoms with Gasteiger partial charge in [0, 0.05) is 30.4 Å². The topological polar surface area (TPSA) is 58.4 Å². The van der Waals surface area contributed by atoms with E-state index in [1.54, 1.807) is 24.3 Å². The number of anilines is 1. The van der Waals surface area contributed by atoms with Crippen LogP contribution in [0.25, 0.3) is 0 Å². The van der Waals surface area contributed by atoms with Gasteiger partial charge in [0.05, 0.1) is 4.92 Å². The minimum atomic E-state index is -0.373. The third-order valence-electron chi connectivity index (χ3n) is 3.54.